The highest BCUT2D eigenvalue weighted by Crippen LogP contribution is 2.34. The lowest BCUT2D eigenvalue weighted by Crippen LogP contribution is -2.06. The Labute approximate surface area is 156 Å². The van der Waals surface area contributed by atoms with E-state index in [9.17, 15) is 0 Å². The minimum atomic E-state index is 0.244. The van der Waals surface area contributed by atoms with Gasteiger partial charge in [0.1, 0.15) is 12.4 Å². The third-order valence-corrected chi connectivity index (χ3v) is 5.10. The first-order valence-corrected chi connectivity index (χ1v) is 8.71. The van der Waals surface area contributed by atoms with Gasteiger partial charge in [-0.1, -0.05) is 65.1 Å². The summed E-state index contributed by atoms with van der Waals surface area (Å²) in [5.41, 5.74) is 7.55. The number of hydrogen-bond acceptors (Lipinski definition) is 2. The van der Waals surface area contributed by atoms with Crippen molar-refractivity contribution in [2.24, 2.45) is 5.73 Å². The molecule has 0 atom stereocenters. The van der Waals surface area contributed by atoms with Gasteiger partial charge in [-0.3, -0.25) is 0 Å². The largest absolute Gasteiger partial charge is 0.488 e. The van der Waals surface area contributed by atoms with Crippen LogP contribution in [0.25, 0.3) is 10.8 Å². The van der Waals surface area contributed by atoms with E-state index < -0.39 is 0 Å². The van der Waals surface area contributed by atoms with Gasteiger partial charge in [-0.15, -0.1) is 0 Å². The highest BCUT2D eigenvalue weighted by molar-refractivity contribution is 6.44. The number of ether oxygens (including phenoxy) is 1. The monoisotopic (exact) mass is 379 g/mol. The zero-order valence-corrected chi connectivity index (χ0v) is 15.1. The molecule has 0 aromatic heterocycles. The maximum atomic E-state index is 6.24. The van der Waals surface area contributed by atoms with Crippen LogP contribution in [0.2, 0.25) is 15.1 Å². The Balaban J connectivity index is 1.96. The van der Waals surface area contributed by atoms with Gasteiger partial charge in [0.05, 0.1) is 10.0 Å². The van der Waals surface area contributed by atoms with Crippen molar-refractivity contribution in [3.8, 4) is 5.75 Å². The molecule has 2 N–H and O–H groups in total. The van der Waals surface area contributed by atoms with Crippen LogP contribution in [0.5, 0.6) is 5.75 Å². The standard InChI is InChI=1S/C19H16Cl3NO/c20-16-6-7-17(21)19(22)15(16)11-24-18-8-5-12-3-1-2-4-13(12)14(18)9-10-23/h1-8H,9-11,23H2. The molecule has 0 radical (unpaired) electrons. The number of hydrogen-bond donors (Lipinski definition) is 1. The molecule has 0 unspecified atom stereocenters. The van der Waals surface area contributed by atoms with Gasteiger partial charge >= 0.3 is 0 Å². The molecule has 124 valence electrons. The smallest absolute Gasteiger partial charge is 0.123 e. The fraction of sp³-hybridized carbons (Fsp3) is 0.158. The molecule has 5 heteroatoms. The highest BCUT2D eigenvalue weighted by atomic mass is 35.5. The number of rotatable bonds is 5. The lowest BCUT2D eigenvalue weighted by atomic mass is 10.0. The molecule has 0 amide bonds. The molecule has 0 saturated heterocycles. The third-order valence-electron chi connectivity index (χ3n) is 3.90. The number of nitrogens with two attached hydrogens (primary N) is 1. The maximum absolute atomic E-state index is 6.24. The molecule has 2 nitrogen and oxygen atoms in total. The average Bonchev–Trinajstić information content (AvgIpc) is 2.60. The van der Waals surface area contributed by atoms with Gasteiger partial charge in [-0.05, 0) is 41.9 Å². The minimum Gasteiger partial charge on any atom is -0.488 e. The fourth-order valence-corrected chi connectivity index (χ4v) is 3.36. The van der Waals surface area contributed by atoms with Crippen LogP contribution in [0.1, 0.15) is 11.1 Å². The molecule has 0 aliphatic carbocycles. The van der Waals surface area contributed by atoms with Crippen LogP contribution in [-0.4, -0.2) is 6.54 Å². The van der Waals surface area contributed by atoms with E-state index in [2.05, 4.69) is 12.1 Å². The highest BCUT2D eigenvalue weighted by Gasteiger charge is 2.13. The maximum Gasteiger partial charge on any atom is 0.123 e. The van der Waals surface area contributed by atoms with Gasteiger partial charge in [0.25, 0.3) is 0 Å². The molecule has 3 rings (SSSR count). The molecular weight excluding hydrogens is 365 g/mol. The van der Waals surface area contributed by atoms with E-state index >= 15 is 0 Å². The van der Waals surface area contributed by atoms with E-state index in [1.807, 2.05) is 24.3 Å². The molecule has 0 saturated carbocycles. The Morgan fingerprint density at radius 2 is 1.58 bits per heavy atom. The van der Waals surface area contributed by atoms with Crippen LogP contribution >= 0.6 is 34.8 Å². The molecule has 0 aliphatic rings. The molecule has 3 aromatic rings. The van der Waals surface area contributed by atoms with E-state index in [-0.39, 0.29) is 6.61 Å². The first kappa shape index (κ1) is 17.4. The summed E-state index contributed by atoms with van der Waals surface area (Å²) in [6.07, 6.45) is 0.730. The average molecular weight is 381 g/mol. The fourth-order valence-electron chi connectivity index (χ4n) is 2.70. The van der Waals surface area contributed by atoms with Gasteiger partial charge in [-0.25, -0.2) is 0 Å². The van der Waals surface area contributed by atoms with E-state index in [0.29, 0.717) is 27.2 Å². The van der Waals surface area contributed by atoms with Crippen molar-refractivity contribution in [1.29, 1.82) is 0 Å². The van der Waals surface area contributed by atoms with Crippen molar-refractivity contribution in [1.82, 2.24) is 0 Å². The molecule has 0 spiro atoms. The summed E-state index contributed by atoms with van der Waals surface area (Å²) in [6.45, 7) is 0.789. The first-order chi connectivity index (χ1) is 11.6. The number of fused-ring (bicyclic) bond motifs is 1. The van der Waals surface area contributed by atoms with Crippen molar-refractivity contribution in [3.05, 3.63) is 74.7 Å². The number of halogens is 3. The summed E-state index contributed by atoms with van der Waals surface area (Å²) in [7, 11) is 0. The second-order valence-corrected chi connectivity index (χ2v) is 6.60. The Morgan fingerprint density at radius 1 is 0.833 bits per heavy atom. The molecule has 0 heterocycles. The van der Waals surface area contributed by atoms with Crippen LogP contribution in [0, 0.1) is 0 Å². The van der Waals surface area contributed by atoms with Gasteiger partial charge in [0, 0.05) is 16.1 Å². The molecule has 0 fully saturated rings. The normalized spacial score (nSPS) is 11.0. The van der Waals surface area contributed by atoms with Crippen molar-refractivity contribution in [2.45, 2.75) is 13.0 Å². The molecule has 0 aliphatic heterocycles. The van der Waals surface area contributed by atoms with Crippen LogP contribution in [-0.2, 0) is 13.0 Å². The van der Waals surface area contributed by atoms with Gasteiger partial charge in [-0.2, -0.15) is 0 Å². The van der Waals surface area contributed by atoms with Crippen molar-refractivity contribution >= 4 is 45.6 Å². The Morgan fingerprint density at radius 3 is 2.38 bits per heavy atom. The summed E-state index contributed by atoms with van der Waals surface area (Å²) in [6, 6.07) is 15.6. The topological polar surface area (TPSA) is 35.2 Å². The lowest BCUT2D eigenvalue weighted by molar-refractivity contribution is 0.304. The SMILES string of the molecule is NCCc1c(OCc2c(Cl)ccc(Cl)c2Cl)ccc2ccccc12. The third kappa shape index (κ3) is 3.47. The lowest BCUT2D eigenvalue weighted by Gasteiger charge is -2.15. The van der Waals surface area contributed by atoms with Crippen LogP contribution < -0.4 is 10.5 Å². The minimum absolute atomic E-state index is 0.244. The summed E-state index contributed by atoms with van der Waals surface area (Å²) in [4.78, 5) is 0. The molecule has 3 aromatic carbocycles. The van der Waals surface area contributed by atoms with E-state index in [0.717, 1.165) is 28.5 Å². The quantitative estimate of drug-likeness (QED) is 0.561. The number of benzene rings is 3. The molecule has 0 bridgehead atoms. The molecule has 24 heavy (non-hydrogen) atoms. The van der Waals surface area contributed by atoms with Crippen LogP contribution in [0.4, 0.5) is 0 Å². The van der Waals surface area contributed by atoms with E-state index in [1.165, 1.54) is 0 Å². The second-order valence-electron chi connectivity index (χ2n) is 5.41. The van der Waals surface area contributed by atoms with Gasteiger partial charge in [0.2, 0.25) is 0 Å². The van der Waals surface area contributed by atoms with Crippen molar-refractivity contribution in [3.63, 3.8) is 0 Å². The van der Waals surface area contributed by atoms with Crippen LogP contribution in [0.15, 0.2) is 48.5 Å². The van der Waals surface area contributed by atoms with E-state index in [4.69, 9.17) is 45.3 Å². The van der Waals surface area contributed by atoms with Crippen molar-refractivity contribution in [2.75, 3.05) is 6.54 Å². The zero-order chi connectivity index (χ0) is 17.1. The summed E-state index contributed by atoms with van der Waals surface area (Å²) in [5.74, 6) is 0.784. The zero-order valence-electron chi connectivity index (χ0n) is 12.9. The van der Waals surface area contributed by atoms with Gasteiger partial charge < -0.3 is 10.5 Å². The predicted octanol–water partition coefficient (Wildman–Crippen LogP) is 5.88. The Kier molecular flexibility index (Phi) is 5.52. The second kappa shape index (κ2) is 7.62. The Bertz CT molecular complexity index is 880. The van der Waals surface area contributed by atoms with Crippen molar-refractivity contribution < 1.29 is 4.74 Å². The Hall–Kier alpha value is -1.45. The molecular formula is C19H16Cl3NO. The summed E-state index contributed by atoms with van der Waals surface area (Å²) < 4.78 is 6.02. The van der Waals surface area contributed by atoms with E-state index in [1.54, 1.807) is 12.1 Å². The van der Waals surface area contributed by atoms with Crippen LogP contribution in [0.3, 0.4) is 0 Å². The predicted molar refractivity (Wildman–Crippen MR) is 103 cm³/mol. The van der Waals surface area contributed by atoms with Gasteiger partial charge in [0.15, 0.2) is 0 Å². The summed E-state index contributed by atoms with van der Waals surface area (Å²) in [5, 5.41) is 3.71. The first-order valence-electron chi connectivity index (χ1n) is 7.57. The summed E-state index contributed by atoms with van der Waals surface area (Å²) >= 11 is 18.5.